The van der Waals surface area contributed by atoms with Crippen molar-refractivity contribution in [1.82, 2.24) is 14.9 Å². The molecule has 5 rings (SSSR count). The van der Waals surface area contributed by atoms with Gasteiger partial charge in [-0.2, -0.15) is 21.6 Å². The van der Waals surface area contributed by atoms with Gasteiger partial charge in [0.2, 0.25) is 5.88 Å². The fourth-order valence-corrected chi connectivity index (χ4v) is 7.26. The van der Waals surface area contributed by atoms with E-state index in [2.05, 4.69) is 26.1 Å². The molecule has 1 atom stereocenters. The Balaban J connectivity index is 1.14. The second-order valence-corrected chi connectivity index (χ2v) is 13.5. The summed E-state index contributed by atoms with van der Waals surface area (Å²) in [7, 11) is -4.29. The summed E-state index contributed by atoms with van der Waals surface area (Å²) in [5.74, 6) is -0.895. The van der Waals surface area contributed by atoms with Gasteiger partial charge in [0.05, 0.1) is 20.7 Å². The van der Waals surface area contributed by atoms with Crippen molar-refractivity contribution in [3.8, 4) is 5.88 Å². The number of thiazole rings is 1. The highest BCUT2D eigenvalue weighted by atomic mass is 79.9. The summed E-state index contributed by atoms with van der Waals surface area (Å²) in [5.41, 5.74) is 1.05. The maximum absolute atomic E-state index is 12.8. The van der Waals surface area contributed by atoms with Crippen LogP contribution in [0.5, 0.6) is 5.88 Å². The number of oxime groups is 1. The number of alkyl halides is 3. The van der Waals surface area contributed by atoms with Crippen LogP contribution in [-0.2, 0) is 31.7 Å². The Labute approximate surface area is 261 Å². The lowest BCUT2D eigenvalue weighted by Crippen LogP contribution is -2.40. The smallest absolute Gasteiger partial charge is 0.417 e. The van der Waals surface area contributed by atoms with E-state index in [1.807, 2.05) is 5.38 Å². The Morgan fingerprint density at radius 3 is 2.70 bits per heavy atom. The molecule has 4 heterocycles. The fourth-order valence-electron chi connectivity index (χ4n) is 4.84. The molecule has 1 aromatic carbocycles. The summed E-state index contributed by atoms with van der Waals surface area (Å²) in [5, 5.41) is 7.21. The summed E-state index contributed by atoms with van der Waals surface area (Å²) >= 11 is 10.8. The van der Waals surface area contributed by atoms with Crippen LogP contribution >= 0.6 is 38.9 Å². The Kier molecular flexibility index (Phi) is 9.32. The van der Waals surface area contributed by atoms with Gasteiger partial charge in [0.1, 0.15) is 11.5 Å². The van der Waals surface area contributed by atoms with Crippen molar-refractivity contribution in [3.05, 3.63) is 72.7 Å². The number of pyridine rings is 1. The van der Waals surface area contributed by atoms with Crippen LogP contribution in [0.3, 0.4) is 0 Å². The maximum Gasteiger partial charge on any atom is 0.417 e. The number of likely N-dealkylation sites (tertiary alicyclic amines) is 1. The number of rotatable bonds is 8. The average molecular weight is 724 g/mol. The molecular formula is C26H23BrClF3N4O6S2. The first-order chi connectivity index (χ1) is 20.3. The number of ether oxygens (including phenoxy) is 1. The van der Waals surface area contributed by atoms with Crippen molar-refractivity contribution in [2.75, 3.05) is 19.7 Å². The van der Waals surface area contributed by atoms with Crippen LogP contribution in [0.1, 0.15) is 58.7 Å². The molecular weight excluding hydrogens is 701 g/mol. The molecule has 1 N–H and O–H groups in total. The van der Waals surface area contributed by atoms with Gasteiger partial charge in [0.25, 0.3) is 16.0 Å². The van der Waals surface area contributed by atoms with Crippen LogP contribution in [0.4, 0.5) is 13.2 Å². The van der Waals surface area contributed by atoms with E-state index >= 15 is 0 Å². The van der Waals surface area contributed by atoms with Gasteiger partial charge in [0, 0.05) is 47.6 Å². The van der Waals surface area contributed by atoms with E-state index in [1.165, 1.54) is 11.3 Å². The van der Waals surface area contributed by atoms with Crippen LogP contribution in [0.2, 0.25) is 5.02 Å². The molecule has 2 aliphatic rings. The molecule has 1 fully saturated rings. The van der Waals surface area contributed by atoms with Crippen molar-refractivity contribution >= 4 is 60.6 Å². The number of carbonyl (C=O) groups excluding carboxylic acids is 1. The van der Waals surface area contributed by atoms with Crippen LogP contribution in [-0.4, -0.2) is 59.2 Å². The summed E-state index contributed by atoms with van der Waals surface area (Å²) in [4.78, 5) is 28.3. The average Bonchev–Trinajstić information content (AvgIpc) is 3.61. The van der Waals surface area contributed by atoms with Gasteiger partial charge in [-0.05, 0) is 46.5 Å². The van der Waals surface area contributed by atoms with Gasteiger partial charge >= 0.3 is 6.18 Å². The molecule has 230 valence electrons. The Bertz CT molecular complexity index is 1660. The zero-order valence-corrected chi connectivity index (χ0v) is 26.0. The van der Waals surface area contributed by atoms with Crippen LogP contribution in [0.25, 0.3) is 0 Å². The Hall–Kier alpha value is -2.79. The molecule has 0 radical (unpaired) electrons. The molecule has 0 aliphatic carbocycles. The molecule has 0 bridgehead atoms. The molecule has 1 saturated heterocycles. The van der Waals surface area contributed by atoms with E-state index in [0.29, 0.717) is 66.1 Å². The largest absolute Gasteiger partial charge is 0.467 e. The highest BCUT2D eigenvalue weighted by molar-refractivity contribution is 9.10. The maximum atomic E-state index is 12.8. The summed E-state index contributed by atoms with van der Waals surface area (Å²) < 4.78 is 76.2. The van der Waals surface area contributed by atoms with E-state index in [-0.39, 0.29) is 28.8 Å². The number of halogens is 5. The molecule has 0 spiro atoms. The minimum absolute atomic E-state index is 0.00223. The van der Waals surface area contributed by atoms with Crippen molar-refractivity contribution in [1.29, 1.82) is 0 Å². The highest BCUT2D eigenvalue weighted by Gasteiger charge is 2.33. The predicted octanol–water partition coefficient (Wildman–Crippen LogP) is 6.01. The third-order valence-electron chi connectivity index (χ3n) is 6.95. The minimum Gasteiger partial charge on any atom is -0.467 e. The van der Waals surface area contributed by atoms with Crippen LogP contribution in [0, 0.1) is 0 Å². The molecule has 3 aromatic rings. The van der Waals surface area contributed by atoms with E-state index in [1.54, 1.807) is 23.1 Å². The second kappa shape index (κ2) is 12.7. The molecule has 10 nitrogen and oxygen atoms in total. The van der Waals surface area contributed by atoms with E-state index < -0.39 is 33.7 Å². The first kappa shape index (κ1) is 31.6. The number of hydrogen-bond acceptors (Lipinski definition) is 9. The summed E-state index contributed by atoms with van der Waals surface area (Å²) in [6, 6.07) is 5.62. The topological polar surface area (TPSA) is 131 Å². The second-order valence-electron chi connectivity index (χ2n) is 9.90. The predicted molar refractivity (Wildman–Crippen MR) is 155 cm³/mol. The quantitative estimate of drug-likeness (QED) is 0.280. The van der Waals surface area contributed by atoms with Crippen LogP contribution in [0.15, 0.2) is 45.5 Å². The third kappa shape index (κ3) is 7.66. The number of hydrogen-bond donors (Lipinski definition) is 1. The third-order valence-corrected chi connectivity index (χ3v) is 9.53. The Morgan fingerprint density at radius 2 is 2.02 bits per heavy atom. The van der Waals surface area contributed by atoms with Gasteiger partial charge < -0.3 is 14.5 Å². The molecule has 2 aromatic heterocycles. The van der Waals surface area contributed by atoms with Crippen molar-refractivity contribution in [2.24, 2.45) is 5.16 Å². The molecule has 1 unspecified atom stereocenters. The Morgan fingerprint density at radius 1 is 1.28 bits per heavy atom. The standard InChI is InChI=1S/C26H23BrClF3N4O6S2/c27-17-8-16(26(29,30)31)10-32-24(17)40-11-22(36)35-6-4-14(5-7-35)25-33-20(12-42-25)19-9-21(41-34-19)23-15(13-43(37,38)39)2-1-3-18(23)28/h1-3,8,10,12,14,21H,4-7,9,11,13H2,(H,37,38,39). The number of benzene rings is 1. The molecule has 17 heteroatoms. The zero-order valence-electron chi connectivity index (χ0n) is 22.1. The van der Waals surface area contributed by atoms with Crippen molar-refractivity contribution in [2.45, 2.75) is 43.2 Å². The van der Waals surface area contributed by atoms with Crippen molar-refractivity contribution in [3.63, 3.8) is 0 Å². The monoisotopic (exact) mass is 722 g/mol. The van der Waals surface area contributed by atoms with E-state index in [4.69, 9.17) is 26.2 Å². The minimum atomic E-state index is -4.54. The highest BCUT2D eigenvalue weighted by Crippen LogP contribution is 2.38. The lowest BCUT2D eigenvalue weighted by molar-refractivity contribution is -0.138. The van der Waals surface area contributed by atoms with Crippen molar-refractivity contribution < 1.29 is 40.5 Å². The number of aromatic nitrogens is 2. The first-order valence-electron chi connectivity index (χ1n) is 12.8. The van der Waals surface area contributed by atoms with Gasteiger partial charge in [-0.3, -0.25) is 9.35 Å². The van der Waals surface area contributed by atoms with Gasteiger partial charge in [0.15, 0.2) is 12.7 Å². The molecule has 0 saturated carbocycles. The van der Waals surface area contributed by atoms with E-state index in [0.717, 1.165) is 11.1 Å². The SMILES string of the molecule is O=C(COc1ncc(C(F)(F)F)cc1Br)N1CCC(c2nc(C3=NOC(c4c(Cl)cccc4CS(=O)(=O)O)C3)cs2)CC1. The molecule has 43 heavy (non-hydrogen) atoms. The summed E-state index contributed by atoms with van der Waals surface area (Å²) in [6.45, 7) is 0.554. The molecule has 1 amide bonds. The number of amides is 1. The lowest BCUT2D eigenvalue weighted by atomic mass is 9.97. The van der Waals surface area contributed by atoms with Crippen LogP contribution < -0.4 is 4.74 Å². The lowest BCUT2D eigenvalue weighted by Gasteiger charge is -2.31. The number of piperidine rings is 1. The van der Waals surface area contributed by atoms with Gasteiger partial charge in [-0.15, -0.1) is 11.3 Å². The first-order valence-corrected chi connectivity index (χ1v) is 16.5. The fraction of sp³-hybridized carbons (Fsp3) is 0.385. The van der Waals surface area contributed by atoms with E-state index in [9.17, 15) is 30.9 Å². The molecule has 2 aliphatic heterocycles. The van der Waals surface area contributed by atoms with Gasteiger partial charge in [-0.1, -0.05) is 28.9 Å². The number of carbonyl (C=O) groups is 1. The summed E-state index contributed by atoms with van der Waals surface area (Å²) in [6.07, 6.45) is -2.90. The number of nitrogens with zero attached hydrogens (tertiary/aromatic N) is 4. The zero-order chi connectivity index (χ0) is 30.9. The van der Waals surface area contributed by atoms with Gasteiger partial charge in [-0.25, -0.2) is 9.97 Å². The normalized spacial score (nSPS) is 18.0.